The van der Waals surface area contributed by atoms with Gasteiger partial charge in [0.2, 0.25) is 11.8 Å². The summed E-state index contributed by atoms with van der Waals surface area (Å²) in [5.41, 5.74) is 0. The second-order valence-corrected chi connectivity index (χ2v) is 8.82. The zero-order chi connectivity index (χ0) is 22.6. The van der Waals surface area contributed by atoms with E-state index in [0.717, 1.165) is 0 Å². The molecule has 0 aliphatic carbocycles. The molecule has 2 aliphatic rings. The Kier molecular flexibility index (Phi) is 8.76. The van der Waals surface area contributed by atoms with E-state index in [9.17, 15) is 34.5 Å². The normalized spacial score (nSPS) is 29.3. The van der Waals surface area contributed by atoms with Crippen molar-refractivity contribution in [2.45, 2.75) is 62.2 Å². The van der Waals surface area contributed by atoms with Crippen molar-refractivity contribution in [2.24, 2.45) is 5.92 Å². The Morgan fingerprint density at radius 1 is 1.30 bits per heavy atom. The summed E-state index contributed by atoms with van der Waals surface area (Å²) >= 11 is 1.33. The minimum absolute atomic E-state index is 0.153. The molecule has 0 bridgehead atoms. The van der Waals surface area contributed by atoms with Gasteiger partial charge in [0, 0.05) is 11.7 Å². The van der Waals surface area contributed by atoms with Gasteiger partial charge in [0.1, 0.15) is 18.4 Å². The van der Waals surface area contributed by atoms with Crippen molar-refractivity contribution in [2.75, 3.05) is 19.3 Å². The van der Waals surface area contributed by atoms with Crippen LogP contribution < -0.4 is 16.0 Å². The maximum Gasteiger partial charge on any atom is 0.244 e. The van der Waals surface area contributed by atoms with Gasteiger partial charge in [0.15, 0.2) is 12.1 Å². The number of nitrogens with zero attached hydrogens (tertiary/aromatic N) is 1. The van der Waals surface area contributed by atoms with Gasteiger partial charge in [-0.3, -0.25) is 19.7 Å². The number of fused-ring (bicyclic) bond motifs is 1. The fourth-order valence-corrected chi connectivity index (χ4v) is 5.03. The second-order valence-electron chi connectivity index (χ2n) is 7.61. The molecule has 2 rings (SSSR count). The first-order valence-electron chi connectivity index (χ1n) is 9.79. The number of nitrogens with one attached hydrogen (secondary N) is 3. The molecule has 2 fully saturated rings. The fraction of sp³-hybridized carbons (Fsp3) is 0.778. The average molecular weight is 447 g/mol. The molecule has 0 aromatic heterocycles. The summed E-state index contributed by atoms with van der Waals surface area (Å²) in [6, 6.07) is -3.46. The van der Waals surface area contributed by atoms with Crippen molar-refractivity contribution in [1.29, 1.82) is 0 Å². The van der Waals surface area contributed by atoms with Crippen molar-refractivity contribution >= 4 is 35.6 Å². The minimum atomic E-state index is -1.77. The molecule has 2 heterocycles. The van der Waals surface area contributed by atoms with E-state index in [0.29, 0.717) is 6.29 Å². The third kappa shape index (κ3) is 5.37. The molecule has 30 heavy (non-hydrogen) atoms. The maximum atomic E-state index is 13.2. The molecule has 170 valence electrons. The van der Waals surface area contributed by atoms with Crippen LogP contribution in [0, 0.1) is 5.92 Å². The largest absolute Gasteiger partial charge is 0.391 e. The predicted molar refractivity (Wildman–Crippen MR) is 108 cm³/mol. The molecule has 0 saturated carbocycles. The first-order chi connectivity index (χ1) is 14.1. The lowest BCUT2D eigenvalue weighted by Crippen LogP contribution is -2.64. The lowest BCUT2D eigenvalue weighted by Gasteiger charge is -2.42. The smallest absolute Gasteiger partial charge is 0.244 e. The van der Waals surface area contributed by atoms with Crippen LogP contribution in [0.25, 0.3) is 0 Å². The zero-order valence-corrected chi connectivity index (χ0v) is 18.0. The van der Waals surface area contributed by atoms with Crippen LogP contribution in [-0.2, 0) is 19.2 Å². The topological polar surface area (TPSA) is 168 Å². The van der Waals surface area contributed by atoms with Crippen LogP contribution in [0.15, 0.2) is 0 Å². The average Bonchev–Trinajstić information content (AvgIpc) is 3.14. The standard InChI is InChI=1S/C18H30N4O7S/c1-8(19-3)13(25)5-20-15-10(18(28)29)4-14-22(17(15)27)12(7-30-14)16(26)21-11(6-23)9(2)24/h6,8-12,14-15,18-20,24,28-29H,4-5,7H2,1-3H3,(H,21,26)/t8-,9?,10+,11?,12?,14?,15?/m0/s1. The SMILES string of the molecule is CN[C@@H](C)C(=O)CNC1C(=O)N2C(C[C@H]1C(O)O)SCC2C(=O)NC(C=O)C(C)O. The lowest BCUT2D eigenvalue weighted by atomic mass is 9.89. The van der Waals surface area contributed by atoms with Crippen LogP contribution >= 0.6 is 11.8 Å². The number of piperidine rings is 1. The van der Waals surface area contributed by atoms with Gasteiger partial charge in [-0.2, -0.15) is 0 Å². The first-order valence-corrected chi connectivity index (χ1v) is 10.8. The van der Waals surface area contributed by atoms with Crippen molar-refractivity contribution < 1.29 is 34.5 Å². The fourth-order valence-electron chi connectivity index (χ4n) is 3.54. The molecule has 0 aromatic carbocycles. The van der Waals surface area contributed by atoms with E-state index in [1.165, 1.54) is 23.6 Å². The monoisotopic (exact) mass is 446 g/mol. The Morgan fingerprint density at radius 2 is 1.97 bits per heavy atom. The van der Waals surface area contributed by atoms with Gasteiger partial charge in [-0.25, -0.2) is 0 Å². The Hall–Kier alpha value is -1.57. The number of thioether (sulfide) groups is 1. The molecule has 2 amide bonds. The summed E-state index contributed by atoms with van der Waals surface area (Å²) < 4.78 is 0. The first kappa shape index (κ1) is 24.7. The molecule has 2 aliphatic heterocycles. The number of rotatable bonds is 10. The molecule has 0 radical (unpaired) electrons. The van der Waals surface area contributed by atoms with E-state index in [1.807, 2.05) is 0 Å². The summed E-state index contributed by atoms with van der Waals surface area (Å²) in [4.78, 5) is 50.4. The van der Waals surface area contributed by atoms with Crippen molar-refractivity contribution in [3.8, 4) is 0 Å². The summed E-state index contributed by atoms with van der Waals surface area (Å²) in [5.74, 6) is -1.86. The number of hydrogen-bond acceptors (Lipinski definition) is 10. The van der Waals surface area contributed by atoms with Crippen LogP contribution in [0.4, 0.5) is 0 Å². The molecule has 7 atom stereocenters. The number of aliphatic hydroxyl groups is 3. The van der Waals surface area contributed by atoms with E-state index in [1.54, 1.807) is 14.0 Å². The number of aldehydes is 1. The summed E-state index contributed by atoms with van der Waals surface area (Å²) in [6.45, 7) is 2.89. The molecule has 5 unspecified atom stereocenters. The van der Waals surface area contributed by atoms with Gasteiger partial charge >= 0.3 is 0 Å². The van der Waals surface area contributed by atoms with E-state index >= 15 is 0 Å². The Balaban J connectivity index is 2.16. The number of likely N-dealkylation sites (N-methyl/N-ethyl adjacent to an activating group) is 1. The van der Waals surface area contributed by atoms with Crippen LogP contribution in [0.5, 0.6) is 0 Å². The minimum Gasteiger partial charge on any atom is -0.391 e. The summed E-state index contributed by atoms with van der Waals surface area (Å²) in [5, 5.41) is 36.8. The van der Waals surface area contributed by atoms with Gasteiger partial charge in [-0.15, -0.1) is 11.8 Å². The van der Waals surface area contributed by atoms with E-state index < -0.39 is 59.7 Å². The third-order valence-corrected chi connectivity index (χ3v) is 6.90. The molecule has 11 nitrogen and oxygen atoms in total. The Bertz CT molecular complexity index is 662. The molecular weight excluding hydrogens is 416 g/mol. The van der Waals surface area contributed by atoms with E-state index in [4.69, 9.17) is 0 Å². The summed E-state index contributed by atoms with van der Waals surface area (Å²) in [7, 11) is 1.63. The van der Waals surface area contributed by atoms with Crippen molar-refractivity contribution in [3.63, 3.8) is 0 Å². The van der Waals surface area contributed by atoms with Gasteiger partial charge < -0.3 is 35.6 Å². The van der Waals surface area contributed by atoms with Gasteiger partial charge in [0.25, 0.3) is 0 Å². The zero-order valence-electron chi connectivity index (χ0n) is 17.1. The number of ketones is 1. The number of carbonyl (C=O) groups is 4. The highest BCUT2D eigenvalue weighted by molar-refractivity contribution is 8.00. The lowest BCUT2D eigenvalue weighted by molar-refractivity contribution is -0.158. The molecule has 0 spiro atoms. The number of carbonyl (C=O) groups excluding carboxylic acids is 4. The van der Waals surface area contributed by atoms with Gasteiger partial charge in [-0.1, -0.05) is 0 Å². The number of hydrogen-bond donors (Lipinski definition) is 6. The van der Waals surface area contributed by atoms with Crippen LogP contribution in [0.3, 0.4) is 0 Å². The van der Waals surface area contributed by atoms with E-state index in [-0.39, 0.29) is 24.5 Å². The van der Waals surface area contributed by atoms with Crippen LogP contribution in [-0.4, -0.2) is 105 Å². The summed E-state index contributed by atoms with van der Waals surface area (Å²) in [6.07, 6.45) is -2.21. The number of Topliss-reactive ketones (excluding diaryl/α,β-unsaturated/α-hetero) is 1. The highest BCUT2D eigenvalue weighted by Crippen LogP contribution is 2.39. The van der Waals surface area contributed by atoms with Gasteiger partial charge in [-0.05, 0) is 27.3 Å². The Morgan fingerprint density at radius 3 is 2.50 bits per heavy atom. The molecule has 2 saturated heterocycles. The molecular formula is C18H30N4O7S. The maximum absolute atomic E-state index is 13.2. The van der Waals surface area contributed by atoms with Crippen molar-refractivity contribution in [1.82, 2.24) is 20.9 Å². The highest BCUT2D eigenvalue weighted by Gasteiger charge is 2.51. The van der Waals surface area contributed by atoms with Gasteiger partial charge in [0.05, 0.1) is 30.1 Å². The Labute approximate surface area is 178 Å². The number of amides is 2. The van der Waals surface area contributed by atoms with Crippen LogP contribution in [0.1, 0.15) is 20.3 Å². The van der Waals surface area contributed by atoms with E-state index in [2.05, 4.69) is 16.0 Å². The van der Waals surface area contributed by atoms with Crippen molar-refractivity contribution in [3.05, 3.63) is 0 Å². The molecule has 6 N–H and O–H groups in total. The molecule has 0 aromatic rings. The third-order valence-electron chi connectivity index (χ3n) is 5.59. The second kappa shape index (κ2) is 10.6. The highest BCUT2D eigenvalue weighted by atomic mass is 32.2. The quantitative estimate of drug-likeness (QED) is 0.148. The number of aliphatic hydroxyl groups excluding tert-OH is 2. The molecule has 12 heteroatoms. The van der Waals surface area contributed by atoms with Crippen LogP contribution in [0.2, 0.25) is 0 Å². The predicted octanol–water partition coefficient (Wildman–Crippen LogP) is -3.21.